The van der Waals surface area contributed by atoms with Crippen molar-refractivity contribution in [3.8, 4) is 5.75 Å². The average Bonchev–Trinajstić information content (AvgIpc) is 2.89. The Morgan fingerprint density at radius 3 is 2.78 bits per heavy atom. The monoisotopic (exact) mass is 360 g/mol. The summed E-state index contributed by atoms with van der Waals surface area (Å²) < 4.78 is 38.8. The zero-order valence-corrected chi connectivity index (χ0v) is 14.5. The number of rotatable bonds is 4. The number of benzene rings is 1. The van der Waals surface area contributed by atoms with Gasteiger partial charge in [0.25, 0.3) is 0 Å². The highest BCUT2D eigenvalue weighted by molar-refractivity contribution is 7.89. The van der Waals surface area contributed by atoms with Crippen molar-refractivity contribution in [1.82, 2.24) is 10.0 Å². The molecule has 8 heteroatoms. The van der Waals surface area contributed by atoms with Gasteiger partial charge in [0, 0.05) is 6.04 Å². The van der Waals surface area contributed by atoms with E-state index in [1.54, 1.807) is 6.07 Å². The maximum Gasteiger partial charge on any atom is 0.240 e. The summed E-state index contributed by atoms with van der Waals surface area (Å²) >= 11 is 6.02. The summed E-state index contributed by atoms with van der Waals surface area (Å²) in [4.78, 5) is 0.134. The molecule has 0 aliphatic carbocycles. The first kappa shape index (κ1) is 17.0. The van der Waals surface area contributed by atoms with Gasteiger partial charge in [0.2, 0.25) is 10.0 Å². The Labute approximate surface area is 141 Å². The molecule has 128 valence electrons. The second-order valence-corrected chi connectivity index (χ2v) is 8.18. The molecule has 2 heterocycles. The highest BCUT2D eigenvalue weighted by Gasteiger charge is 2.42. The summed E-state index contributed by atoms with van der Waals surface area (Å²) in [6, 6.07) is 4.23. The van der Waals surface area contributed by atoms with Gasteiger partial charge in [0.15, 0.2) is 0 Å². The van der Waals surface area contributed by atoms with Crippen molar-refractivity contribution in [2.45, 2.75) is 35.8 Å². The van der Waals surface area contributed by atoms with Crippen LogP contribution in [0.1, 0.15) is 19.3 Å². The van der Waals surface area contributed by atoms with Crippen molar-refractivity contribution in [3.63, 3.8) is 0 Å². The maximum absolute atomic E-state index is 12.5. The van der Waals surface area contributed by atoms with Gasteiger partial charge in [0.05, 0.1) is 29.2 Å². The first-order valence-corrected chi connectivity index (χ1v) is 9.51. The highest BCUT2D eigenvalue weighted by Crippen LogP contribution is 2.34. The standard InChI is InChI=1S/C15H21ClN2O4S/c1-21-14-3-2-12(8-13(14)16)23(19,20)18-11-9-15(22-10-11)4-6-17-7-5-15/h2-3,8,11,17-18H,4-7,9-10H2,1H3. The summed E-state index contributed by atoms with van der Waals surface area (Å²) in [5.74, 6) is 0.448. The molecule has 2 fully saturated rings. The lowest BCUT2D eigenvalue weighted by molar-refractivity contribution is -0.0193. The molecule has 23 heavy (non-hydrogen) atoms. The number of hydrogen-bond donors (Lipinski definition) is 2. The molecule has 2 aliphatic heterocycles. The molecule has 1 aromatic carbocycles. The Hall–Kier alpha value is -0.860. The highest BCUT2D eigenvalue weighted by atomic mass is 35.5. The third kappa shape index (κ3) is 3.64. The van der Waals surface area contributed by atoms with Crippen LogP contribution >= 0.6 is 11.6 Å². The molecule has 0 aromatic heterocycles. The molecule has 1 spiro atoms. The fraction of sp³-hybridized carbons (Fsp3) is 0.600. The van der Waals surface area contributed by atoms with E-state index < -0.39 is 10.0 Å². The van der Waals surface area contributed by atoms with Crippen LogP contribution in [0.5, 0.6) is 5.75 Å². The Morgan fingerprint density at radius 1 is 1.39 bits per heavy atom. The topological polar surface area (TPSA) is 76.7 Å². The quantitative estimate of drug-likeness (QED) is 0.851. The van der Waals surface area contributed by atoms with Gasteiger partial charge in [-0.3, -0.25) is 0 Å². The molecule has 3 rings (SSSR count). The van der Waals surface area contributed by atoms with Crippen molar-refractivity contribution in [2.75, 3.05) is 26.8 Å². The normalized spacial score (nSPS) is 24.0. The summed E-state index contributed by atoms with van der Waals surface area (Å²) in [5, 5.41) is 3.57. The molecule has 2 N–H and O–H groups in total. The molecule has 1 atom stereocenters. The van der Waals surface area contributed by atoms with E-state index in [9.17, 15) is 8.42 Å². The Balaban J connectivity index is 1.70. The fourth-order valence-corrected chi connectivity index (χ4v) is 4.82. The number of hydrogen-bond acceptors (Lipinski definition) is 5. The van der Waals surface area contributed by atoms with Gasteiger partial charge in [0.1, 0.15) is 5.75 Å². The molecule has 0 bridgehead atoms. The van der Waals surface area contributed by atoms with Crippen LogP contribution < -0.4 is 14.8 Å². The molecular weight excluding hydrogens is 340 g/mol. The second kappa shape index (κ2) is 6.57. The number of methoxy groups -OCH3 is 1. The van der Waals surface area contributed by atoms with Crippen LogP contribution in [0.2, 0.25) is 5.02 Å². The van der Waals surface area contributed by atoms with Crippen LogP contribution in [-0.2, 0) is 14.8 Å². The molecule has 0 radical (unpaired) electrons. The Kier molecular flexibility index (Phi) is 4.85. The van der Waals surface area contributed by atoms with Crippen LogP contribution in [0.15, 0.2) is 23.1 Å². The number of piperidine rings is 1. The molecule has 2 saturated heterocycles. The van der Waals surface area contributed by atoms with E-state index >= 15 is 0 Å². The van der Waals surface area contributed by atoms with E-state index in [1.165, 1.54) is 19.2 Å². The molecule has 1 unspecified atom stereocenters. The smallest absolute Gasteiger partial charge is 0.240 e. The molecule has 2 aliphatic rings. The third-order valence-electron chi connectivity index (χ3n) is 4.48. The summed E-state index contributed by atoms with van der Waals surface area (Å²) in [7, 11) is -2.14. The molecular formula is C15H21ClN2O4S. The van der Waals surface area contributed by atoms with Crippen molar-refractivity contribution in [3.05, 3.63) is 23.2 Å². The number of halogens is 1. The van der Waals surface area contributed by atoms with E-state index in [1.807, 2.05) is 0 Å². The summed E-state index contributed by atoms with van der Waals surface area (Å²) in [5.41, 5.74) is -0.185. The average molecular weight is 361 g/mol. The van der Waals surface area contributed by atoms with E-state index in [0.29, 0.717) is 18.8 Å². The predicted octanol–water partition coefficient (Wildman–Crippen LogP) is 1.54. The minimum atomic E-state index is -3.63. The van der Waals surface area contributed by atoms with E-state index in [-0.39, 0.29) is 21.6 Å². The minimum Gasteiger partial charge on any atom is -0.495 e. The van der Waals surface area contributed by atoms with Gasteiger partial charge >= 0.3 is 0 Å². The molecule has 1 aromatic rings. The van der Waals surface area contributed by atoms with Gasteiger partial charge < -0.3 is 14.8 Å². The first-order valence-electron chi connectivity index (χ1n) is 7.65. The molecule has 6 nitrogen and oxygen atoms in total. The van der Waals surface area contributed by atoms with Gasteiger partial charge in [-0.2, -0.15) is 0 Å². The third-order valence-corrected chi connectivity index (χ3v) is 6.29. The zero-order valence-electron chi connectivity index (χ0n) is 13.0. The number of sulfonamides is 1. The number of ether oxygens (including phenoxy) is 2. The molecule has 0 amide bonds. The predicted molar refractivity (Wildman–Crippen MR) is 87.5 cm³/mol. The van der Waals surface area contributed by atoms with Crippen molar-refractivity contribution in [2.24, 2.45) is 0 Å². The van der Waals surface area contributed by atoms with E-state index in [4.69, 9.17) is 21.1 Å². The zero-order chi connectivity index (χ0) is 16.5. The maximum atomic E-state index is 12.5. The molecule has 0 saturated carbocycles. The van der Waals surface area contributed by atoms with Crippen molar-refractivity contribution >= 4 is 21.6 Å². The lowest BCUT2D eigenvalue weighted by Gasteiger charge is -2.32. The largest absolute Gasteiger partial charge is 0.495 e. The van der Waals surface area contributed by atoms with Gasteiger partial charge in [-0.1, -0.05) is 11.6 Å². The SMILES string of the molecule is COc1ccc(S(=O)(=O)NC2COC3(CCNCC3)C2)cc1Cl. The van der Waals surface area contributed by atoms with E-state index in [0.717, 1.165) is 25.9 Å². The number of nitrogens with one attached hydrogen (secondary N) is 2. The Morgan fingerprint density at radius 2 is 2.13 bits per heavy atom. The van der Waals surface area contributed by atoms with Crippen molar-refractivity contribution in [1.29, 1.82) is 0 Å². The lowest BCUT2D eigenvalue weighted by atomic mass is 9.88. The second-order valence-electron chi connectivity index (χ2n) is 6.06. The van der Waals surface area contributed by atoms with Crippen LogP contribution in [0.4, 0.5) is 0 Å². The van der Waals surface area contributed by atoms with Crippen LogP contribution in [-0.4, -0.2) is 46.9 Å². The fourth-order valence-electron chi connectivity index (χ4n) is 3.25. The Bertz CT molecular complexity index is 674. The minimum absolute atomic E-state index is 0.134. The van der Waals surface area contributed by atoms with Crippen LogP contribution in [0.25, 0.3) is 0 Å². The first-order chi connectivity index (χ1) is 10.9. The van der Waals surface area contributed by atoms with Gasteiger partial charge in [-0.05, 0) is 50.6 Å². The van der Waals surface area contributed by atoms with Gasteiger partial charge in [-0.25, -0.2) is 13.1 Å². The van der Waals surface area contributed by atoms with Crippen LogP contribution in [0, 0.1) is 0 Å². The van der Waals surface area contributed by atoms with Crippen molar-refractivity contribution < 1.29 is 17.9 Å². The van der Waals surface area contributed by atoms with Crippen LogP contribution in [0.3, 0.4) is 0 Å². The summed E-state index contributed by atoms with van der Waals surface area (Å²) in [6.07, 6.45) is 2.54. The lowest BCUT2D eigenvalue weighted by Crippen LogP contribution is -2.42. The van der Waals surface area contributed by atoms with Gasteiger partial charge in [-0.15, -0.1) is 0 Å². The summed E-state index contributed by atoms with van der Waals surface area (Å²) in [6.45, 7) is 2.23. The van der Waals surface area contributed by atoms with E-state index in [2.05, 4.69) is 10.0 Å².